The first-order valence-corrected chi connectivity index (χ1v) is 7.50. The second kappa shape index (κ2) is 7.22. The Hall–Kier alpha value is -1.88. The van der Waals surface area contributed by atoms with Crippen LogP contribution in [0.15, 0.2) is 24.3 Å². The summed E-state index contributed by atoms with van der Waals surface area (Å²) in [6, 6.07) is 6.69. The van der Waals surface area contributed by atoms with Gasteiger partial charge in [-0.3, -0.25) is 9.59 Å². The third kappa shape index (κ3) is 3.61. The molecule has 1 atom stereocenters. The average Bonchev–Trinajstić information content (AvgIpc) is 2.78. The van der Waals surface area contributed by atoms with Crippen molar-refractivity contribution in [2.24, 2.45) is 0 Å². The van der Waals surface area contributed by atoms with Crippen LogP contribution in [0.2, 0.25) is 0 Å². The van der Waals surface area contributed by atoms with Crippen molar-refractivity contribution in [3.63, 3.8) is 0 Å². The first-order valence-electron chi connectivity index (χ1n) is 7.50. The molecular formula is C16H22N2O3. The van der Waals surface area contributed by atoms with Crippen LogP contribution < -0.4 is 15.0 Å². The third-order valence-corrected chi connectivity index (χ3v) is 3.36. The van der Waals surface area contributed by atoms with Gasteiger partial charge in [-0.05, 0) is 43.7 Å². The topological polar surface area (TPSA) is 58.6 Å². The number of ether oxygens (including phenoxy) is 1. The molecule has 0 radical (unpaired) electrons. The molecule has 1 unspecified atom stereocenters. The Labute approximate surface area is 125 Å². The molecule has 0 bridgehead atoms. The van der Waals surface area contributed by atoms with Crippen molar-refractivity contribution in [2.75, 3.05) is 18.1 Å². The van der Waals surface area contributed by atoms with Gasteiger partial charge in [-0.25, -0.2) is 4.90 Å². The summed E-state index contributed by atoms with van der Waals surface area (Å²) >= 11 is 0. The molecule has 21 heavy (non-hydrogen) atoms. The van der Waals surface area contributed by atoms with E-state index in [2.05, 4.69) is 5.32 Å². The molecule has 2 rings (SSSR count). The molecule has 1 N–H and O–H groups in total. The fourth-order valence-corrected chi connectivity index (χ4v) is 2.29. The van der Waals surface area contributed by atoms with E-state index in [1.54, 1.807) is 24.3 Å². The normalized spacial score (nSPS) is 18.4. The molecule has 114 valence electrons. The van der Waals surface area contributed by atoms with E-state index in [9.17, 15) is 9.59 Å². The number of imide groups is 1. The summed E-state index contributed by atoms with van der Waals surface area (Å²) in [4.78, 5) is 25.6. The number of nitrogens with zero attached hydrogens (tertiary/aromatic N) is 1. The molecule has 1 aromatic rings. The van der Waals surface area contributed by atoms with Gasteiger partial charge in [-0.1, -0.05) is 13.8 Å². The van der Waals surface area contributed by atoms with Gasteiger partial charge in [0.05, 0.1) is 24.8 Å². The minimum Gasteiger partial charge on any atom is -0.494 e. The molecule has 0 aliphatic carbocycles. The zero-order valence-corrected chi connectivity index (χ0v) is 12.6. The first-order chi connectivity index (χ1) is 10.2. The van der Waals surface area contributed by atoms with Crippen molar-refractivity contribution in [1.29, 1.82) is 0 Å². The predicted octanol–water partition coefficient (Wildman–Crippen LogP) is 2.11. The van der Waals surface area contributed by atoms with Crippen LogP contribution in [0.3, 0.4) is 0 Å². The molecule has 5 nitrogen and oxygen atoms in total. The SMILES string of the molecule is CCCNC1CC(=O)N(c2ccc(OCCC)cc2)C1=O. The monoisotopic (exact) mass is 290 g/mol. The number of nitrogens with one attached hydrogen (secondary N) is 1. The lowest BCUT2D eigenvalue weighted by Gasteiger charge is -2.16. The Balaban J connectivity index is 2.06. The summed E-state index contributed by atoms with van der Waals surface area (Å²) < 4.78 is 5.50. The van der Waals surface area contributed by atoms with E-state index < -0.39 is 6.04 Å². The second-order valence-corrected chi connectivity index (χ2v) is 5.12. The maximum Gasteiger partial charge on any atom is 0.251 e. The second-order valence-electron chi connectivity index (χ2n) is 5.12. The highest BCUT2D eigenvalue weighted by Crippen LogP contribution is 2.25. The Morgan fingerprint density at radius 3 is 2.52 bits per heavy atom. The van der Waals surface area contributed by atoms with Crippen LogP contribution >= 0.6 is 0 Å². The van der Waals surface area contributed by atoms with Gasteiger partial charge in [-0.15, -0.1) is 0 Å². The zero-order chi connectivity index (χ0) is 15.2. The fraction of sp³-hybridized carbons (Fsp3) is 0.500. The van der Waals surface area contributed by atoms with Crippen molar-refractivity contribution in [1.82, 2.24) is 5.32 Å². The van der Waals surface area contributed by atoms with Gasteiger partial charge < -0.3 is 10.1 Å². The van der Waals surface area contributed by atoms with E-state index in [0.29, 0.717) is 12.3 Å². The van der Waals surface area contributed by atoms with Crippen LogP contribution in [0, 0.1) is 0 Å². The van der Waals surface area contributed by atoms with Gasteiger partial charge in [0.2, 0.25) is 5.91 Å². The largest absolute Gasteiger partial charge is 0.494 e. The van der Waals surface area contributed by atoms with Crippen LogP contribution in [0.1, 0.15) is 33.1 Å². The summed E-state index contributed by atoms with van der Waals surface area (Å²) in [6.07, 6.45) is 2.10. The number of rotatable bonds is 7. The van der Waals surface area contributed by atoms with Gasteiger partial charge in [0.1, 0.15) is 5.75 Å². The van der Waals surface area contributed by atoms with E-state index >= 15 is 0 Å². The van der Waals surface area contributed by atoms with Crippen molar-refractivity contribution >= 4 is 17.5 Å². The molecule has 2 amide bonds. The summed E-state index contributed by atoms with van der Waals surface area (Å²) in [7, 11) is 0. The van der Waals surface area contributed by atoms with Crippen LogP contribution in [0.25, 0.3) is 0 Å². The van der Waals surface area contributed by atoms with E-state index in [1.807, 2.05) is 13.8 Å². The van der Waals surface area contributed by atoms with Crippen LogP contribution in [0.4, 0.5) is 5.69 Å². The Kier molecular flexibility index (Phi) is 5.33. The summed E-state index contributed by atoms with van der Waals surface area (Å²) in [5.74, 6) is 0.423. The number of amides is 2. The standard InChI is InChI=1S/C16H22N2O3/c1-3-9-17-14-11-15(19)18(16(14)20)12-5-7-13(8-6-12)21-10-4-2/h5-8,14,17H,3-4,9-11H2,1-2H3. The molecule has 1 fully saturated rings. The Morgan fingerprint density at radius 1 is 1.19 bits per heavy atom. The van der Waals surface area contributed by atoms with Crippen molar-refractivity contribution in [2.45, 2.75) is 39.2 Å². The van der Waals surface area contributed by atoms with E-state index in [1.165, 1.54) is 4.90 Å². The maximum absolute atomic E-state index is 12.3. The smallest absolute Gasteiger partial charge is 0.251 e. The van der Waals surface area contributed by atoms with E-state index in [0.717, 1.165) is 25.1 Å². The van der Waals surface area contributed by atoms with Gasteiger partial charge in [0.15, 0.2) is 0 Å². The highest BCUT2D eigenvalue weighted by Gasteiger charge is 2.38. The molecule has 1 saturated heterocycles. The van der Waals surface area contributed by atoms with E-state index in [4.69, 9.17) is 4.74 Å². The molecular weight excluding hydrogens is 268 g/mol. The number of hydrogen-bond acceptors (Lipinski definition) is 4. The number of anilines is 1. The maximum atomic E-state index is 12.3. The Bertz CT molecular complexity index is 499. The minimum absolute atomic E-state index is 0.157. The molecule has 5 heteroatoms. The molecule has 0 saturated carbocycles. The summed E-state index contributed by atoms with van der Waals surface area (Å²) in [5.41, 5.74) is 0.606. The lowest BCUT2D eigenvalue weighted by molar-refractivity contribution is -0.121. The number of hydrogen-bond donors (Lipinski definition) is 1. The van der Waals surface area contributed by atoms with Gasteiger partial charge in [0, 0.05) is 0 Å². The van der Waals surface area contributed by atoms with Crippen LogP contribution in [-0.2, 0) is 9.59 Å². The summed E-state index contributed by atoms with van der Waals surface area (Å²) in [5, 5.41) is 3.11. The van der Waals surface area contributed by atoms with Gasteiger partial charge >= 0.3 is 0 Å². The number of carbonyl (C=O) groups excluding carboxylic acids is 2. The minimum atomic E-state index is -0.395. The lowest BCUT2D eigenvalue weighted by Crippen LogP contribution is -2.39. The average molecular weight is 290 g/mol. The van der Waals surface area contributed by atoms with Gasteiger partial charge in [-0.2, -0.15) is 0 Å². The fourth-order valence-electron chi connectivity index (χ4n) is 2.29. The zero-order valence-electron chi connectivity index (χ0n) is 12.6. The molecule has 1 aromatic carbocycles. The summed E-state index contributed by atoms with van der Waals surface area (Å²) in [6.45, 7) is 5.46. The first kappa shape index (κ1) is 15.5. The predicted molar refractivity (Wildman–Crippen MR) is 81.4 cm³/mol. The molecule has 1 aliphatic rings. The molecule has 1 heterocycles. The third-order valence-electron chi connectivity index (χ3n) is 3.36. The Morgan fingerprint density at radius 2 is 1.90 bits per heavy atom. The highest BCUT2D eigenvalue weighted by molar-refractivity contribution is 6.22. The van der Waals surface area contributed by atoms with Gasteiger partial charge in [0.25, 0.3) is 5.91 Å². The number of benzene rings is 1. The molecule has 0 aromatic heterocycles. The molecule has 1 aliphatic heterocycles. The van der Waals surface area contributed by atoms with Crippen molar-refractivity contribution in [3.05, 3.63) is 24.3 Å². The molecule has 0 spiro atoms. The quantitative estimate of drug-likeness (QED) is 0.781. The highest BCUT2D eigenvalue weighted by atomic mass is 16.5. The van der Waals surface area contributed by atoms with E-state index in [-0.39, 0.29) is 18.2 Å². The number of carbonyl (C=O) groups is 2. The lowest BCUT2D eigenvalue weighted by atomic mass is 10.2. The van der Waals surface area contributed by atoms with Crippen molar-refractivity contribution < 1.29 is 14.3 Å². The van der Waals surface area contributed by atoms with Crippen LogP contribution in [-0.4, -0.2) is 31.0 Å². The van der Waals surface area contributed by atoms with Crippen LogP contribution in [0.5, 0.6) is 5.75 Å². The van der Waals surface area contributed by atoms with Crippen molar-refractivity contribution in [3.8, 4) is 5.75 Å².